The van der Waals surface area contributed by atoms with Gasteiger partial charge in [0.25, 0.3) is 5.91 Å². The molecule has 0 aromatic carbocycles. The number of imidazole rings is 1. The van der Waals surface area contributed by atoms with Gasteiger partial charge in [-0.15, -0.1) is 0 Å². The molecule has 2 aromatic rings. The van der Waals surface area contributed by atoms with E-state index in [0.717, 1.165) is 19.4 Å². The maximum absolute atomic E-state index is 12.2. The Bertz CT molecular complexity index is 678. The van der Waals surface area contributed by atoms with Crippen molar-refractivity contribution < 1.29 is 9.32 Å². The number of carbonyl (C=O) groups is 1. The van der Waals surface area contributed by atoms with Gasteiger partial charge in [-0.25, -0.2) is 4.98 Å². The lowest BCUT2D eigenvalue weighted by Gasteiger charge is -2.39. The summed E-state index contributed by atoms with van der Waals surface area (Å²) >= 11 is 0. The van der Waals surface area contributed by atoms with Crippen molar-refractivity contribution in [3.05, 3.63) is 35.7 Å². The van der Waals surface area contributed by atoms with Crippen LogP contribution in [0.1, 0.15) is 40.8 Å². The topological polar surface area (TPSA) is 76.2 Å². The number of hydrogen-bond donors (Lipinski definition) is 1. The molecule has 1 aliphatic heterocycles. The molecule has 0 radical (unpaired) electrons. The molecule has 2 atom stereocenters. The quantitative estimate of drug-likeness (QED) is 0.925. The zero-order valence-electron chi connectivity index (χ0n) is 13.8. The first kappa shape index (κ1) is 15.7. The number of likely N-dealkylation sites (tertiary alicyclic amines) is 1. The van der Waals surface area contributed by atoms with E-state index in [1.165, 1.54) is 5.69 Å². The van der Waals surface area contributed by atoms with Crippen LogP contribution in [0.4, 0.5) is 0 Å². The highest BCUT2D eigenvalue weighted by molar-refractivity contribution is 5.91. The van der Waals surface area contributed by atoms with Crippen LogP contribution in [0.25, 0.3) is 0 Å². The predicted octanol–water partition coefficient (Wildman–Crippen LogP) is 1.53. The smallest absolute Gasteiger partial charge is 0.289 e. The number of amides is 1. The van der Waals surface area contributed by atoms with E-state index in [2.05, 4.69) is 32.0 Å². The maximum Gasteiger partial charge on any atom is 0.289 e. The second-order valence-corrected chi connectivity index (χ2v) is 6.30. The van der Waals surface area contributed by atoms with E-state index >= 15 is 0 Å². The van der Waals surface area contributed by atoms with Crippen LogP contribution in [0, 0.1) is 12.8 Å². The van der Waals surface area contributed by atoms with Crippen molar-refractivity contribution in [2.45, 2.75) is 25.8 Å². The molecule has 2 aromatic heterocycles. The molecule has 7 nitrogen and oxygen atoms in total. The summed E-state index contributed by atoms with van der Waals surface area (Å²) in [5.74, 6) is 0.406. The van der Waals surface area contributed by atoms with Crippen LogP contribution in [0.5, 0.6) is 0 Å². The van der Waals surface area contributed by atoms with Crippen molar-refractivity contribution in [3.8, 4) is 0 Å². The third-order valence-corrected chi connectivity index (χ3v) is 4.54. The van der Waals surface area contributed by atoms with Crippen LogP contribution in [-0.2, 0) is 7.05 Å². The molecule has 0 unspecified atom stereocenters. The van der Waals surface area contributed by atoms with E-state index in [0.29, 0.717) is 18.2 Å². The van der Waals surface area contributed by atoms with E-state index < -0.39 is 0 Å². The summed E-state index contributed by atoms with van der Waals surface area (Å²) in [4.78, 5) is 18.7. The zero-order valence-corrected chi connectivity index (χ0v) is 13.8. The van der Waals surface area contributed by atoms with Crippen LogP contribution < -0.4 is 5.32 Å². The van der Waals surface area contributed by atoms with E-state index in [9.17, 15) is 4.79 Å². The van der Waals surface area contributed by atoms with Crippen LogP contribution in [0.2, 0.25) is 0 Å². The van der Waals surface area contributed by atoms with Gasteiger partial charge in [-0.05, 0) is 39.3 Å². The van der Waals surface area contributed by atoms with E-state index in [1.807, 2.05) is 19.6 Å². The normalized spacial score (nSPS) is 22.2. The molecule has 0 bridgehead atoms. The van der Waals surface area contributed by atoms with Gasteiger partial charge in [0.15, 0.2) is 0 Å². The highest BCUT2D eigenvalue weighted by atomic mass is 16.5. The molecule has 7 heteroatoms. The number of rotatable bonds is 4. The Labute approximate surface area is 135 Å². The number of hydrogen-bond acceptors (Lipinski definition) is 5. The Morgan fingerprint density at radius 2 is 2.30 bits per heavy atom. The lowest BCUT2D eigenvalue weighted by atomic mass is 9.87. The predicted molar refractivity (Wildman–Crippen MR) is 84.9 cm³/mol. The van der Waals surface area contributed by atoms with Crippen LogP contribution >= 0.6 is 0 Å². The van der Waals surface area contributed by atoms with Gasteiger partial charge in [-0.1, -0.05) is 5.16 Å². The lowest BCUT2D eigenvalue weighted by Crippen LogP contribution is -2.42. The van der Waals surface area contributed by atoms with Crippen LogP contribution in [0.3, 0.4) is 0 Å². The number of nitrogens with one attached hydrogen (secondary N) is 1. The van der Waals surface area contributed by atoms with Crippen LogP contribution in [-0.4, -0.2) is 45.7 Å². The summed E-state index contributed by atoms with van der Waals surface area (Å²) in [6.45, 7) is 3.47. The minimum atomic E-state index is -0.206. The first-order valence-electron chi connectivity index (χ1n) is 7.94. The molecule has 1 fully saturated rings. The summed E-state index contributed by atoms with van der Waals surface area (Å²) in [5, 5.41) is 6.74. The Hall–Kier alpha value is -2.15. The van der Waals surface area contributed by atoms with Crippen molar-refractivity contribution in [2.24, 2.45) is 13.0 Å². The molecule has 1 aliphatic rings. The molecule has 3 heterocycles. The minimum Gasteiger partial charge on any atom is -0.351 e. The van der Waals surface area contributed by atoms with Crippen molar-refractivity contribution in [3.63, 3.8) is 0 Å². The summed E-state index contributed by atoms with van der Waals surface area (Å²) in [7, 11) is 4.14. The standard InChI is InChI=1S/C16H23N5O2/c1-11-7-14(23-19-11)16(22)18-8-12-5-4-6-20(2)15(12)13-9-17-10-21(13)3/h7,9-10,12,15H,4-6,8H2,1-3H3,(H,18,22)/t12-,15+/m0/s1. The molecule has 3 rings (SSSR count). The van der Waals surface area contributed by atoms with Crippen molar-refractivity contribution in [1.29, 1.82) is 0 Å². The first-order chi connectivity index (χ1) is 11.1. The van der Waals surface area contributed by atoms with Gasteiger partial charge in [0.1, 0.15) is 0 Å². The molecule has 0 saturated carbocycles. The molecule has 124 valence electrons. The van der Waals surface area contributed by atoms with Gasteiger partial charge in [0.05, 0.1) is 23.8 Å². The third kappa shape index (κ3) is 3.29. The fourth-order valence-corrected chi connectivity index (χ4v) is 3.37. The number of aromatic nitrogens is 3. The minimum absolute atomic E-state index is 0.206. The summed E-state index contributed by atoms with van der Waals surface area (Å²) in [6.07, 6.45) is 5.95. The molecule has 1 saturated heterocycles. The second kappa shape index (κ2) is 6.54. The fourth-order valence-electron chi connectivity index (χ4n) is 3.37. The van der Waals surface area contributed by atoms with Crippen LogP contribution in [0.15, 0.2) is 23.1 Å². The maximum atomic E-state index is 12.2. The molecule has 1 N–H and O–H groups in total. The Morgan fingerprint density at radius 3 is 2.96 bits per heavy atom. The average Bonchev–Trinajstić information content (AvgIpc) is 3.13. The van der Waals surface area contributed by atoms with Gasteiger partial charge < -0.3 is 14.4 Å². The molecule has 0 spiro atoms. The van der Waals surface area contributed by atoms with Gasteiger partial charge in [0, 0.05) is 25.9 Å². The molecule has 1 amide bonds. The Morgan fingerprint density at radius 1 is 1.48 bits per heavy atom. The zero-order chi connectivity index (χ0) is 16.4. The number of carbonyl (C=O) groups excluding carboxylic acids is 1. The summed E-state index contributed by atoms with van der Waals surface area (Å²) < 4.78 is 7.08. The van der Waals surface area contributed by atoms with E-state index in [1.54, 1.807) is 13.0 Å². The van der Waals surface area contributed by atoms with Gasteiger partial charge in [-0.2, -0.15) is 0 Å². The van der Waals surface area contributed by atoms with E-state index in [4.69, 9.17) is 4.52 Å². The fraction of sp³-hybridized carbons (Fsp3) is 0.562. The molecule has 23 heavy (non-hydrogen) atoms. The third-order valence-electron chi connectivity index (χ3n) is 4.54. The van der Waals surface area contributed by atoms with Gasteiger partial charge in [-0.3, -0.25) is 9.69 Å². The second-order valence-electron chi connectivity index (χ2n) is 6.30. The van der Waals surface area contributed by atoms with E-state index in [-0.39, 0.29) is 17.7 Å². The lowest BCUT2D eigenvalue weighted by molar-refractivity contribution is 0.0850. The largest absolute Gasteiger partial charge is 0.351 e. The molecular formula is C16H23N5O2. The summed E-state index contributed by atoms with van der Waals surface area (Å²) in [6, 6.07) is 1.91. The Kier molecular flexibility index (Phi) is 4.47. The van der Waals surface area contributed by atoms with Crippen molar-refractivity contribution in [2.75, 3.05) is 20.1 Å². The van der Waals surface area contributed by atoms with Gasteiger partial charge >= 0.3 is 0 Å². The number of aryl methyl sites for hydroxylation is 2. The monoisotopic (exact) mass is 317 g/mol. The summed E-state index contributed by atoms with van der Waals surface area (Å²) in [5.41, 5.74) is 1.89. The molecule has 0 aliphatic carbocycles. The number of piperidine rings is 1. The SMILES string of the molecule is Cc1cc(C(=O)NC[C@@H]2CCCN(C)[C@H]2c2cncn2C)on1. The highest BCUT2D eigenvalue weighted by Crippen LogP contribution is 2.34. The van der Waals surface area contributed by atoms with Gasteiger partial charge in [0.2, 0.25) is 5.76 Å². The van der Waals surface area contributed by atoms with Crippen molar-refractivity contribution >= 4 is 5.91 Å². The highest BCUT2D eigenvalue weighted by Gasteiger charge is 2.32. The Balaban J connectivity index is 1.69. The first-order valence-corrected chi connectivity index (χ1v) is 7.94. The molecular weight excluding hydrogens is 294 g/mol. The van der Waals surface area contributed by atoms with Crippen molar-refractivity contribution in [1.82, 2.24) is 24.9 Å². The number of nitrogens with zero attached hydrogens (tertiary/aromatic N) is 4. The average molecular weight is 317 g/mol.